The number of carbonyl (C=O) groups excluding carboxylic acids is 1. The third-order valence-electron chi connectivity index (χ3n) is 4.41. The van der Waals surface area contributed by atoms with Crippen molar-refractivity contribution in [3.63, 3.8) is 0 Å². The van der Waals surface area contributed by atoms with Crippen LogP contribution < -0.4 is 4.74 Å². The van der Waals surface area contributed by atoms with Gasteiger partial charge in [-0.25, -0.2) is 4.98 Å². The molecule has 1 aromatic heterocycles. The summed E-state index contributed by atoms with van der Waals surface area (Å²) in [5.41, 5.74) is 2.60. The molecule has 0 fully saturated rings. The van der Waals surface area contributed by atoms with Crippen LogP contribution in [0.15, 0.2) is 67.3 Å². The van der Waals surface area contributed by atoms with Gasteiger partial charge >= 0.3 is 0 Å². The Morgan fingerprint density at radius 3 is 2.52 bits per heavy atom. The molecule has 0 aliphatic rings. The lowest BCUT2D eigenvalue weighted by molar-refractivity contribution is 0.0741. The van der Waals surface area contributed by atoms with Gasteiger partial charge in [0, 0.05) is 36.3 Å². The van der Waals surface area contributed by atoms with Crippen molar-refractivity contribution < 1.29 is 9.53 Å². The average Bonchev–Trinajstić information content (AvgIpc) is 3.21. The predicted molar refractivity (Wildman–Crippen MR) is 97.1 cm³/mol. The van der Waals surface area contributed by atoms with Crippen LogP contribution in [0.1, 0.15) is 28.9 Å². The molecule has 128 valence electrons. The molecule has 0 radical (unpaired) electrons. The first-order valence-corrected chi connectivity index (χ1v) is 8.10. The average molecular weight is 335 g/mol. The maximum absolute atomic E-state index is 12.8. The molecule has 0 saturated carbocycles. The Kier molecular flexibility index (Phi) is 4.84. The van der Waals surface area contributed by atoms with Crippen molar-refractivity contribution in [3.8, 4) is 11.4 Å². The van der Waals surface area contributed by atoms with Crippen molar-refractivity contribution in [2.45, 2.75) is 13.0 Å². The van der Waals surface area contributed by atoms with E-state index in [9.17, 15) is 4.79 Å². The number of amides is 1. The zero-order chi connectivity index (χ0) is 17.8. The van der Waals surface area contributed by atoms with Gasteiger partial charge in [-0.2, -0.15) is 0 Å². The maximum Gasteiger partial charge on any atom is 0.254 e. The van der Waals surface area contributed by atoms with Crippen molar-refractivity contribution in [3.05, 3.63) is 78.4 Å². The predicted octanol–water partition coefficient (Wildman–Crippen LogP) is 3.71. The first-order valence-electron chi connectivity index (χ1n) is 8.10. The molecule has 1 heterocycles. The van der Waals surface area contributed by atoms with Crippen LogP contribution in [0.4, 0.5) is 0 Å². The minimum atomic E-state index is -0.100. The first-order chi connectivity index (χ1) is 12.1. The number of benzene rings is 2. The van der Waals surface area contributed by atoms with Crippen LogP contribution in [0.3, 0.4) is 0 Å². The molecule has 1 unspecified atom stereocenters. The first kappa shape index (κ1) is 16.8. The van der Waals surface area contributed by atoms with E-state index in [4.69, 9.17) is 4.74 Å². The van der Waals surface area contributed by atoms with E-state index >= 15 is 0 Å². The topological polar surface area (TPSA) is 47.4 Å². The summed E-state index contributed by atoms with van der Waals surface area (Å²) in [6.07, 6.45) is 5.32. The zero-order valence-corrected chi connectivity index (χ0v) is 14.6. The minimum Gasteiger partial charge on any atom is -0.496 e. The van der Waals surface area contributed by atoms with Crippen LogP contribution in [-0.2, 0) is 0 Å². The number of nitrogens with zero attached hydrogens (tertiary/aromatic N) is 3. The molecular weight excluding hydrogens is 314 g/mol. The van der Waals surface area contributed by atoms with Crippen molar-refractivity contribution >= 4 is 5.91 Å². The Bertz CT molecular complexity index is 842. The zero-order valence-electron chi connectivity index (χ0n) is 14.6. The largest absolute Gasteiger partial charge is 0.496 e. The second-order valence-electron chi connectivity index (χ2n) is 5.85. The van der Waals surface area contributed by atoms with E-state index in [0.717, 1.165) is 17.0 Å². The Balaban J connectivity index is 1.80. The summed E-state index contributed by atoms with van der Waals surface area (Å²) >= 11 is 0. The fourth-order valence-electron chi connectivity index (χ4n) is 2.79. The van der Waals surface area contributed by atoms with Gasteiger partial charge in [0.1, 0.15) is 5.75 Å². The van der Waals surface area contributed by atoms with E-state index in [1.165, 1.54) is 0 Å². The van der Waals surface area contributed by atoms with Gasteiger partial charge in [0.25, 0.3) is 5.91 Å². The van der Waals surface area contributed by atoms with Gasteiger partial charge in [-0.1, -0.05) is 18.2 Å². The molecule has 5 nitrogen and oxygen atoms in total. The smallest absolute Gasteiger partial charge is 0.254 e. The number of para-hydroxylation sites is 1. The summed E-state index contributed by atoms with van der Waals surface area (Å²) < 4.78 is 7.31. The number of rotatable bonds is 5. The normalized spacial score (nSPS) is 11.8. The number of methoxy groups -OCH3 is 1. The monoisotopic (exact) mass is 335 g/mol. The van der Waals surface area contributed by atoms with Gasteiger partial charge in [-0.05, 0) is 37.3 Å². The van der Waals surface area contributed by atoms with E-state index in [2.05, 4.69) is 4.98 Å². The summed E-state index contributed by atoms with van der Waals surface area (Å²) in [7, 11) is 3.45. The van der Waals surface area contributed by atoms with E-state index in [1.54, 1.807) is 24.5 Å². The highest BCUT2D eigenvalue weighted by Crippen LogP contribution is 2.29. The lowest BCUT2D eigenvalue weighted by Crippen LogP contribution is -2.29. The van der Waals surface area contributed by atoms with Gasteiger partial charge in [0.2, 0.25) is 0 Å². The number of aromatic nitrogens is 2. The molecule has 25 heavy (non-hydrogen) atoms. The SMILES string of the molecule is COc1ccccc1C(C)N(C)C(=O)c1ccc(-n2ccnc2)cc1. The lowest BCUT2D eigenvalue weighted by Gasteiger charge is -2.26. The summed E-state index contributed by atoms with van der Waals surface area (Å²) in [4.78, 5) is 18.6. The Morgan fingerprint density at radius 1 is 1.16 bits per heavy atom. The Labute approximate surface area is 147 Å². The second kappa shape index (κ2) is 7.21. The third kappa shape index (κ3) is 3.40. The van der Waals surface area contributed by atoms with Crippen LogP contribution in [0.5, 0.6) is 5.75 Å². The molecule has 1 amide bonds. The molecule has 5 heteroatoms. The molecule has 0 N–H and O–H groups in total. The van der Waals surface area contributed by atoms with Gasteiger partial charge in [-0.15, -0.1) is 0 Å². The second-order valence-corrected chi connectivity index (χ2v) is 5.85. The van der Waals surface area contributed by atoms with Gasteiger partial charge in [-0.3, -0.25) is 4.79 Å². The standard InChI is InChI=1S/C20H21N3O2/c1-15(18-6-4-5-7-19(18)25-3)22(2)20(24)16-8-10-17(11-9-16)23-13-12-21-14-23/h4-15H,1-3H3. The van der Waals surface area contributed by atoms with E-state index in [-0.39, 0.29) is 11.9 Å². The number of imidazole rings is 1. The number of carbonyl (C=O) groups is 1. The highest BCUT2D eigenvalue weighted by Gasteiger charge is 2.21. The lowest BCUT2D eigenvalue weighted by atomic mass is 10.0. The highest BCUT2D eigenvalue weighted by molar-refractivity contribution is 5.94. The molecule has 0 bridgehead atoms. The molecule has 0 aliphatic heterocycles. The fraction of sp³-hybridized carbons (Fsp3) is 0.200. The van der Waals surface area contributed by atoms with Crippen LogP contribution in [0.25, 0.3) is 5.69 Å². The van der Waals surface area contributed by atoms with E-state index < -0.39 is 0 Å². The molecule has 0 spiro atoms. The Morgan fingerprint density at radius 2 is 1.88 bits per heavy atom. The molecule has 1 atom stereocenters. The third-order valence-corrected chi connectivity index (χ3v) is 4.41. The van der Waals surface area contributed by atoms with Gasteiger partial charge < -0.3 is 14.2 Å². The highest BCUT2D eigenvalue weighted by atomic mass is 16.5. The number of hydrogen-bond acceptors (Lipinski definition) is 3. The fourth-order valence-corrected chi connectivity index (χ4v) is 2.79. The van der Waals surface area contributed by atoms with Crippen LogP contribution in [0, 0.1) is 0 Å². The number of ether oxygens (including phenoxy) is 1. The van der Waals surface area contributed by atoms with Crippen molar-refractivity contribution in [2.75, 3.05) is 14.2 Å². The summed E-state index contributed by atoms with van der Waals surface area (Å²) in [5.74, 6) is 0.751. The molecular formula is C20H21N3O2. The van der Waals surface area contributed by atoms with E-state index in [0.29, 0.717) is 5.56 Å². The molecule has 3 rings (SSSR count). The Hall–Kier alpha value is -3.08. The molecule has 0 saturated heterocycles. The number of hydrogen-bond donors (Lipinski definition) is 0. The van der Waals surface area contributed by atoms with Gasteiger partial charge in [0.15, 0.2) is 0 Å². The molecule has 3 aromatic rings. The van der Waals surface area contributed by atoms with Crippen LogP contribution in [-0.4, -0.2) is 34.5 Å². The minimum absolute atomic E-state index is 0.0319. The van der Waals surface area contributed by atoms with Crippen LogP contribution >= 0.6 is 0 Å². The maximum atomic E-state index is 12.8. The molecule has 0 aliphatic carbocycles. The summed E-state index contributed by atoms with van der Waals surface area (Å²) in [6, 6.07) is 15.2. The summed E-state index contributed by atoms with van der Waals surface area (Å²) in [5, 5.41) is 0. The van der Waals surface area contributed by atoms with Crippen molar-refractivity contribution in [2.24, 2.45) is 0 Å². The molecule has 2 aromatic carbocycles. The summed E-state index contributed by atoms with van der Waals surface area (Å²) in [6.45, 7) is 2.00. The van der Waals surface area contributed by atoms with Crippen molar-refractivity contribution in [1.82, 2.24) is 14.5 Å². The van der Waals surface area contributed by atoms with Crippen molar-refractivity contribution in [1.29, 1.82) is 0 Å². The van der Waals surface area contributed by atoms with Gasteiger partial charge in [0.05, 0.1) is 19.5 Å². The van der Waals surface area contributed by atoms with E-state index in [1.807, 2.05) is 73.3 Å². The van der Waals surface area contributed by atoms with Crippen LogP contribution in [0.2, 0.25) is 0 Å². The quantitative estimate of drug-likeness (QED) is 0.714.